The van der Waals surface area contributed by atoms with Gasteiger partial charge in [-0.25, -0.2) is 0 Å². The Morgan fingerprint density at radius 3 is 1.50 bits per heavy atom. The average Bonchev–Trinajstić information content (AvgIpc) is 2.29. The van der Waals surface area contributed by atoms with E-state index in [0.717, 1.165) is 21.8 Å². The van der Waals surface area contributed by atoms with E-state index in [1.807, 2.05) is 12.1 Å². The predicted octanol–water partition coefficient (Wildman–Crippen LogP) is 2.78. The molecule has 0 bridgehead atoms. The van der Waals surface area contributed by atoms with Gasteiger partial charge in [-0.3, -0.25) is 9.97 Å². The van der Waals surface area contributed by atoms with Crippen LogP contribution in [0.15, 0.2) is 48.8 Å². The van der Waals surface area contributed by atoms with Crippen molar-refractivity contribution in [1.82, 2.24) is 9.97 Å². The van der Waals surface area contributed by atoms with Gasteiger partial charge in [-0.15, -0.1) is 0 Å². The normalized spacial score (nSPS) is 9.50. The molecule has 0 N–H and O–H groups in total. The number of aromatic nitrogens is 2. The number of rotatable bonds is 0. The Labute approximate surface area is 122 Å². The second-order valence-electron chi connectivity index (χ2n) is 3.22. The van der Waals surface area contributed by atoms with Gasteiger partial charge in [0.1, 0.15) is 0 Å². The van der Waals surface area contributed by atoms with E-state index in [0.29, 0.717) is 0 Å². The van der Waals surface area contributed by atoms with E-state index in [1.54, 1.807) is 12.4 Å². The minimum absolute atomic E-state index is 0. The number of fused-ring (bicyclic) bond motifs is 3. The van der Waals surface area contributed by atoms with Crippen molar-refractivity contribution in [2.75, 3.05) is 0 Å². The summed E-state index contributed by atoms with van der Waals surface area (Å²) in [7, 11) is 0. The molecule has 3 rings (SSSR count). The van der Waals surface area contributed by atoms with E-state index in [-0.39, 0.29) is 42.1 Å². The molecule has 4 heteroatoms. The van der Waals surface area contributed by atoms with Gasteiger partial charge in [-0.1, -0.05) is 24.3 Å². The molecule has 16 heavy (non-hydrogen) atoms. The van der Waals surface area contributed by atoms with E-state index < -0.39 is 0 Å². The largest absolute Gasteiger partial charge is 0.254 e. The van der Waals surface area contributed by atoms with Gasteiger partial charge in [0.25, 0.3) is 0 Å². The van der Waals surface area contributed by atoms with Gasteiger partial charge in [0, 0.05) is 65.3 Å². The van der Waals surface area contributed by atoms with Gasteiger partial charge in [0.2, 0.25) is 0 Å². The minimum Gasteiger partial charge on any atom is -0.254 e. The molecular weight excluding hydrogens is 364 g/mol. The van der Waals surface area contributed by atoms with Gasteiger partial charge < -0.3 is 0 Å². The summed E-state index contributed by atoms with van der Waals surface area (Å²) in [6.45, 7) is 0. The summed E-state index contributed by atoms with van der Waals surface area (Å²) in [6.07, 6.45) is 3.60. The maximum Gasteiger partial charge on any atom is 0.0964 e. The number of benzene rings is 1. The van der Waals surface area contributed by atoms with Crippen LogP contribution in [0.5, 0.6) is 0 Å². The molecule has 0 aliphatic heterocycles. The number of pyridine rings is 2. The third kappa shape index (κ3) is 2.24. The molecule has 0 amide bonds. The summed E-state index contributed by atoms with van der Waals surface area (Å²) in [5.41, 5.74) is 1.95. The molecule has 0 unspecified atom stereocenters. The van der Waals surface area contributed by atoms with E-state index in [1.165, 1.54) is 0 Å². The van der Waals surface area contributed by atoms with Crippen LogP contribution in [0.25, 0.3) is 21.8 Å². The number of hydrogen-bond acceptors (Lipinski definition) is 2. The minimum atomic E-state index is 0. The molecule has 78 valence electrons. The number of hydrogen-bond donors (Lipinski definition) is 0. The van der Waals surface area contributed by atoms with Crippen molar-refractivity contribution in [1.29, 1.82) is 0 Å². The van der Waals surface area contributed by atoms with Crippen LogP contribution in [-0.4, -0.2) is 9.97 Å². The zero-order chi connectivity index (χ0) is 9.38. The molecule has 0 fully saturated rings. The summed E-state index contributed by atoms with van der Waals surface area (Å²) >= 11 is 0. The summed E-state index contributed by atoms with van der Waals surface area (Å²) < 4.78 is 0. The molecule has 2 aromatic heterocycles. The van der Waals surface area contributed by atoms with Crippen LogP contribution in [0.2, 0.25) is 0 Å². The van der Waals surface area contributed by atoms with Crippen molar-refractivity contribution in [2.24, 2.45) is 0 Å². The average molecular weight is 372 g/mol. The first-order valence-electron chi connectivity index (χ1n) is 4.53. The van der Waals surface area contributed by atoms with Gasteiger partial charge in [0.15, 0.2) is 0 Å². The van der Waals surface area contributed by atoms with E-state index in [2.05, 4.69) is 34.2 Å². The molecule has 2 heterocycles. The predicted molar refractivity (Wildman–Crippen MR) is 57.0 cm³/mol. The van der Waals surface area contributed by atoms with Crippen LogP contribution in [0.4, 0.5) is 0 Å². The zero-order valence-corrected chi connectivity index (χ0v) is 12.3. The van der Waals surface area contributed by atoms with Gasteiger partial charge in [-0.05, 0) is 12.1 Å². The number of nitrogens with zero attached hydrogens (tertiary/aromatic N) is 2. The van der Waals surface area contributed by atoms with E-state index in [4.69, 9.17) is 0 Å². The van der Waals surface area contributed by atoms with E-state index in [9.17, 15) is 0 Å². The van der Waals surface area contributed by atoms with Crippen LogP contribution >= 0.6 is 0 Å². The summed E-state index contributed by atoms with van der Waals surface area (Å²) in [5, 5.41) is 2.28. The molecule has 0 atom stereocenters. The maximum absolute atomic E-state index is 4.35. The monoisotopic (exact) mass is 376 g/mol. The Morgan fingerprint density at radius 1 is 0.625 bits per heavy atom. The second kappa shape index (κ2) is 5.66. The Hall–Kier alpha value is -0.583. The van der Waals surface area contributed by atoms with Crippen molar-refractivity contribution >= 4 is 21.8 Å². The smallest absolute Gasteiger partial charge is 0.0964 e. The first-order valence-corrected chi connectivity index (χ1v) is 4.53. The third-order valence-electron chi connectivity index (χ3n) is 2.34. The van der Waals surface area contributed by atoms with Crippen molar-refractivity contribution < 1.29 is 42.1 Å². The van der Waals surface area contributed by atoms with Gasteiger partial charge in [-0.2, -0.15) is 0 Å². The molecule has 0 spiro atoms. The Morgan fingerprint density at radius 2 is 1.06 bits per heavy atom. The quantitative estimate of drug-likeness (QED) is 0.448. The summed E-state index contributed by atoms with van der Waals surface area (Å²) in [6, 6.07) is 12.1. The van der Waals surface area contributed by atoms with Crippen molar-refractivity contribution in [3.63, 3.8) is 0 Å². The zero-order valence-electron chi connectivity index (χ0n) is 8.33. The molecule has 0 aliphatic rings. The standard InChI is InChI=1S/C12H8N2.2Mo/c1-3-9-5-6-10-4-2-8-14-12(10)11(9)13-7-1;;/h1-8H;;. The summed E-state index contributed by atoms with van der Waals surface area (Å²) in [4.78, 5) is 8.69. The van der Waals surface area contributed by atoms with E-state index >= 15 is 0 Å². The fourth-order valence-corrected chi connectivity index (χ4v) is 1.68. The first kappa shape index (κ1) is 13.5. The van der Waals surface area contributed by atoms with Crippen molar-refractivity contribution in [2.45, 2.75) is 0 Å². The summed E-state index contributed by atoms with van der Waals surface area (Å²) in [5.74, 6) is 0. The molecule has 0 radical (unpaired) electrons. The molecule has 0 aliphatic carbocycles. The third-order valence-corrected chi connectivity index (χ3v) is 2.34. The fourth-order valence-electron chi connectivity index (χ4n) is 1.68. The van der Waals surface area contributed by atoms with Crippen molar-refractivity contribution in [3.05, 3.63) is 48.8 Å². The Balaban J connectivity index is 0.000000640. The molecule has 3 aromatic rings. The van der Waals surface area contributed by atoms with Crippen molar-refractivity contribution in [3.8, 4) is 0 Å². The molecular formula is C12H8Mo2N2. The van der Waals surface area contributed by atoms with Gasteiger partial charge >= 0.3 is 0 Å². The Kier molecular flexibility index (Phi) is 4.77. The topological polar surface area (TPSA) is 25.8 Å². The second-order valence-corrected chi connectivity index (χ2v) is 3.22. The van der Waals surface area contributed by atoms with Crippen LogP contribution in [0.3, 0.4) is 0 Å². The molecule has 2 nitrogen and oxygen atoms in total. The fraction of sp³-hybridized carbons (Fsp3) is 0. The molecule has 1 aromatic carbocycles. The van der Waals surface area contributed by atoms with Crippen LogP contribution in [0, 0.1) is 0 Å². The maximum atomic E-state index is 4.35. The molecule has 0 saturated carbocycles. The molecule has 0 saturated heterocycles. The first-order chi connectivity index (χ1) is 6.95. The van der Waals surface area contributed by atoms with Crippen LogP contribution in [-0.2, 0) is 42.1 Å². The van der Waals surface area contributed by atoms with Gasteiger partial charge in [0.05, 0.1) is 11.0 Å². The van der Waals surface area contributed by atoms with Crippen LogP contribution in [0.1, 0.15) is 0 Å². The Bertz CT molecular complexity index is 556. The SMILES string of the molecule is [Mo].[Mo].c1cnc2c(c1)ccc1cccnc12. The van der Waals surface area contributed by atoms with Crippen LogP contribution < -0.4 is 0 Å².